The van der Waals surface area contributed by atoms with Crippen molar-refractivity contribution in [1.29, 1.82) is 0 Å². The van der Waals surface area contributed by atoms with Gasteiger partial charge in [-0.25, -0.2) is 4.79 Å². The van der Waals surface area contributed by atoms with Gasteiger partial charge in [-0.2, -0.15) is 0 Å². The van der Waals surface area contributed by atoms with Crippen LogP contribution in [0.2, 0.25) is 0 Å². The van der Waals surface area contributed by atoms with Gasteiger partial charge >= 0.3 is 5.97 Å². The zero-order valence-corrected chi connectivity index (χ0v) is 10.3. The molecule has 1 aliphatic heterocycles. The molecule has 2 N–H and O–H groups in total. The zero-order chi connectivity index (χ0) is 12.3. The van der Waals surface area contributed by atoms with Crippen LogP contribution in [0.1, 0.15) is 22.5 Å². The van der Waals surface area contributed by atoms with Crippen LogP contribution in [0.25, 0.3) is 0 Å². The van der Waals surface area contributed by atoms with E-state index in [1.165, 1.54) is 18.4 Å². The number of carbonyl (C=O) groups is 2. The van der Waals surface area contributed by atoms with Crippen molar-refractivity contribution < 1.29 is 14.3 Å². The first-order chi connectivity index (χ1) is 8.22. The van der Waals surface area contributed by atoms with E-state index in [0.717, 1.165) is 19.4 Å². The maximum absolute atomic E-state index is 11.9. The van der Waals surface area contributed by atoms with E-state index >= 15 is 0 Å². The second-order valence-electron chi connectivity index (χ2n) is 3.79. The molecule has 0 aromatic carbocycles. The number of ether oxygens (including phenoxy) is 1. The van der Waals surface area contributed by atoms with Crippen LogP contribution >= 0.6 is 11.3 Å². The van der Waals surface area contributed by atoms with Crippen molar-refractivity contribution in [2.24, 2.45) is 0 Å². The monoisotopic (exact) mass is 254 g/mol. The first kappa shape index (κ1) is 12.1. The molecule has 1 saturated heterocycles. The first-order valence-electron chi connectivity index (χ1n) is 5.42. The third-order valence-electron chi connectivity index (χ3n) is 2.67. The van der Waals surface area contributed by atoms with Crippen LogP contribution in [-0.2, 0) is 9.53 Å². The third kappa shape index (κ3) is 2.65. The summed E-state index contributed by atoms with van der Waals surface area (Å²) in [6.45, 7) is 0.867. The van der Waals surface area contributed by atoms with E-state index in [-0.39, 0.29) is 11.9 Å². The fourth-order valence-corrected chi connectivity index (χ4v) is 2.55. The lowest BCUT2D eigenvalue weighted by molar-refractivity contribution is -0.117. The minimum atomic E-state index is -0.422. The Morgan fingerprint density at radius 2 is 2.41 bits per heavy atom. The van der Waals surface area contributed by atoms with E-state index in [2.05, 4.69) is 15.4 Å². The lowest BCUT2D eigenvalue weighted by atomic mass is 10.2. The van der Waals surface area contributed by atoms with E-state index in [1.54, 1.807) is 11.4 Å². The Morgan fingerprint density at radius 3 is 3.06 bits per heavy atom. The van der Waals surface area contributed by atoms with Crippen LogP contribution in [0.4, 0.5) is 5.69 Å². The Hall–Kier alpha value is -1.40. The van der Waals surface area contributed by atoms with E-state index in [4.69, 9.17) is 0 Å². The average Bonchev–Trinajstić information content (AvgIpc) is 2.98. The summed E-state index contributed by atoms with van der Waals surface area (Å²) >= 11 is 1.26. The fourth-order valence-electron chi connectivity index (χ4n) is 1.79. The highest BCUT2D eigenvalue weighted by Crippen LogP contribution is 2.23. The number of rotatable bonds is 3. The molecule has 6 heteroatoms. The third-order valence-corrected chi connectivity index (χ3v) is 3.57. The molecule has 0 aliphatic carbocycles. The van der Waals surface area contributed by atoms with Crippen LogP contribution in [0.15, 0.2) is 11.4 Å². The predicted molar refractivity (Wildman–Crippen MR) is 65.3 cm³/mol. The van der Waals surface area contributed by atoms with E-state index in [1.807, 2.05) is 0 Å². The molecule has 92 valence electrons. The van der Waals surface area contributed by atoms with E-state index < -0.39 is 5.97 Å². The normalized spacial score (nSPS) is 19.0. The second kappa shape index (κ2) is 5.29. The van der Waals surface area contributed by atoms with Crippen LogP contribution in [0.3, 0.4) is 0 Å². The van der Waals surface area contributed by atoms with Crippen molar-refractivity contribution in [3.05, 3.63) is 16.3 Å². The summed E-state index contributed by atoms with van der Waals surface area (Å²) in [4.78, 5) is 23.7. The minimum Gasteiger partial charge on any atom is -0.465 e. The van der Waals surface area contributed by atoms with Crippen LogP contribution < -0.4 is 10.6 Å². The molecule has 5 nitrogen and oxygen atoms in total. The quantitative estimate of drug-likeness (QED) is 0.796. The van der Waals surface area contributed by atoms with Gasteiger partial charge in [-0.05, 0) is 30.8 Å². The highest BCUT2D eigenvalue weighted by molar-refractivity contribution is 7.12. The molecular weight excluding hydrogens is 240 g/mol. The summed E-state index contributed by atoms with van der Waals surface area (Å²) < 4.78 is 4.65. The molecule has 0 saturated carbocycles. The van der Waals surface area contributed by atoms with E-state index in [0.29, 0.717) is 10.6 Å². The lowest BCUT2D eigenvalue weighted by Gasteiger charge is -2.10. The van der Waals surface area contributed by atoms with E-state index in [9.17, 15) is 9.59 Å². The van der Waals surface area contributed by atoms with Crippen molar-refractivity contribution in [2.45, 2.75) is 18.9 Å². The number of hydrogen-bond acceptors (Lipinski definition) is 5. The molecule has 1 fully saturated rings. The Kier molecular flexibility index (Phi) is 3.75. The molecule has 0 radical (unpaired) electrons. The topological polar surface area (TPSA) is 67.4 Å². The number of esters is 1. The lowest BCUT2D eigenvalue weighted by Crippen LogP contribution is -2.35. The zero-order valence-electron chi connectivity index (χ0n) is 9.49. The second-order valence-corrected chi connectivity index (χ2v) is 4.71. The summed E-state index contributed by atoms with van der Waals surface area (Å²) in [5, 5.41) is 7.62. The van der Waals surface area contributed by atoms with Gasteiger partial charge in [0.2, 0.25) is 5.91 Å². The summed E-state index contributed by atoms with van der Waals surface area (Å²) in [6, 6.07) is 1.56. The summed E-state index contributed by atoms with van der Waals surface area (Å²) in [7, 11) is 1.33. The van der Waals surface area contributed by atoms with Crippen molar-refractivity contribution >= 4 is 28.9 Å². The molecule has 17 heavy (non-hydrogen) atoms. The number of anilines is 1. The number of amides is 1. The van der Waals surface area contributed by atoms with Gasteiger partial charge in [-0.1, -0.05) is 0 Å². The molecule has 1 amide bonds. The first-order valence-corrected chi connectivity index (χ1v) is 6.30. The Morgan fingerprint density at radius 1 is 1.59 bits per heavy atom. The van der Waals surface area contributed by atoms with Gasteiger partial charge < -0.3 is 15.4 Å². The molecule has 2 rings (SSSR count). The molecule has 1 aromatic rings. The van der Waals surface area contributed by atoms with Crippen molar-refractivity contribution in [2.75, 3.05) is 19.0 Å². The highest BCUT2D eigenvalue weighted by atomic mass is 32.1. The smallest absolute Gasteiger partial charge is 0.350 e. The molecule has 1 atom stereocenters. The number of hydrogen-bond donors (Lipinski definition) is 2. The van der Waals surface area contributed by atoms with Crippen molar-refractivity contribution in [3.8, 4) is 0 Å². The Balaban J connectivity index is 2.05. The van der Waals surface area contributed by atoms with Crippen molar-refractivity contribution in [3.63, 3.8) is 0 Å². The largest absolute Gasteiger partial charge is 0.465 e. The van der Waals surface area contributed by atoms with Gasteiger partial charge in [0.05, 0.1) is 18.8 Å². The van der Waals surface area contributed by atoms with Crippen LogP contribution in [-0.4, -0.2) is 31.6 Å². The van der Waals surface area contributed by atoms with Crippen LogP contribution in [0, 0.1) is 0 Å². The number of methoxy groups -OCH3 is 1. The fraction of sp³-hybridized carbons (Fsp3) is 0.455. The maximum atomic E-state index is 11.9. The van der Waals surface area contributed by atoms with Gasteiger partial charge in [-0.15, -0.1) is 11.3 Å². The number of thiophene rings is 1. The molecule has 2 heterocycles. The van der Waals surface area contributed by atoms with Gasteiger partial charge in [0.1, 0.15) is 4.88 Å². The Bertz CT molecular complexity index is 424. The molecule has 1 aliphatic rings. The van der Waals surface area contributed by atoms with Crippen molar-refractivity contribution in [1.82, 2.24) is 5.32 Å². The summed E-state index contributed by atoms with van der Waals surface area (Å²) in [6.07, 6.45) is 1.84. The van der Waals surface area contributed by atoms with Gasteiger partial charge in [0, 0.05) is 0 Å². The van der Waals surface area contributed by atoms with Gasteiger partial charge in [0.15, 0.2) is 0 Å². The minimum absolute atomic E-state index is 0.0916. The summed E-state index contributed by atoms with van der Waals surface area (Å²) in [5.41, 5.74) is 0.528. The number of nitrogens with one attached hydrogen (secondary N) is 2. The molecule has 0 unspecified atom stereocenters. The molecule has 1 aromatic heterocycles. The molecular formula is C11H14N2O3S. The van der Waals surface area contributed by atoms with Gasteiger partial charge in [0.25, 0.3) is 0 Å². The van der Waals surface area contributed by atoms with Crippen LogP contribution in [0.5, 0.6) is 0 Å². The predicted octanol–water partition coefficient (Wildman–Crippen LogP) is 1.23. The highest BCUT2D eigenvalue weighted by Gasteiger charge is 2.24. The molecule has 0 bridgehead atoms. The maximum Gasteiger partial charge on any atom is 0.350 e. The standard InChI is InChI=1S/C11H14N2O3S/c1-16-11(15)9-7(4-6-17-9)13-10(14)8-3-2-5-12-8/h4,6,8,12H,2-3,5H2,1H3,(H,13,14)/t8-/m1/s1. The molecule has 0 spiro atoms. The Labute approximate surface area is 103 Å². The number of carbonyl (C=O) groups excluding carboxylic acids is 2. The average molecular weight is 254 g/mol. The SMILES string of the molecule is COC(=O)c1sccc1NC(=O)[C@H]1CCCN1. The van der Waals surface area contributed by atoms with Gasteiger partial charge in [-0.3, -0.25) is 4.79 Å². The summed E-state index contributed by atoms with van der Waals surface area (Å²) in [5.74, 6) is -0.513.